The average molecular weight is 316 g/mol. The third-order valence-electron chi connectivity index (χ3n) is 3.31. The minimum atomic E-state index is -0.295. The van der Waals surface area contributed by atoms with Crippen LogP contribution < -0.4 is 10.6 Å². The third kappa shape index (κ3) is 4.31. The number of carbonyl (C=O) groups excluding carboxylic acids is 2. The van der Waals surface area contributed by atoms with Crippen LogP contribution in [-0.2, 0) is 16.1 Å². The first-order valence-corrected chi connectivity index (χ1v) is 7.70. The summed E-state index contributed by atoms with van der Waals surface area (Å²) in [6.07, 6.45) is 0. The zero-order chi connectivity index (χ0) is 17.2. The Balaban J connectivity index is 2.39. The van der Waals surface area contributed by atoms with E-state index in [9.17, 15) is 9.59 Å². The van der Waals surface area contributed by atoms with Crippen molar-refractivity contribution >= 4 is 22.8 Å². The fourth-order valence-electron chi connectivity index (χ4n) is 2.56. The summed E-state index contributed by atoms with van der Waals surface area (Å²) < 4.78 is 1.86. The fourth-order valence-corrected chi connectivity index (χ4v) is 2.56. The molecule has 1 aromatic carbocycles. The molecule has 0 aliphatic rings. The lowest BCUT2D eigenvalue weighted by molar-refractivity contribution is -0.123. The molecule has 2 aromatic rings. The molecular formula is C17H24N4O2. The SMILES string of the molecule is CC(=O)NC(C)c1nc2ccccc2n1CC(=O)NC(C)(C)C. The first kappa shape index (κ1) is 17.0. The van der Waals surface area contributed by atoms with Crippen molar-refractivity contribution in [2.75, 3.05) is 0 Å². The van der Waals surface area contributed by atoms with Gasteiger partial charge in [0, 0.05) is 12.5 Å². The van der Waals surface area contributed by atoms with E-state index in [0.29, 0.717) is 5.82 Å². The van der Waals surface area contributed by atoms with Crippen molar-refractivity contribution in [2.45, 2.75) is 52.7 Å². The second kappa shape index (κ2) is 6.40. The van der Waals surface area contributed by atoms with Crippen molar-refractivity contribution in [1.82, 2.24) is 20.2 Å². The molecule has 0 saturated heterocycles. The Morgan fingerprint density at radius 3 is 2.52 bits per heavy atom. The van der Waals surface area contributed by atoms with E-state index in [4.69, 9.17) is 0 Å². The Hall–Kier alpha value is -2.37. The maximum absolute atomic E-state index is 12.3. The van der Waals surface area contributed by atoms with Gasteiger partial charge in [-0.15, -0.1) is 0 Å². The topological polar surface area (TPSA) is 76.0 Å². The van der Waals surface area contributed by atoms with Gasteiger partial charge in [-0.1, -0.05) is 12.1 Å². The van der Waals surface area contributed by atoms with Crippen molar-refractivity contribution < 1.29 is 9.59 Å². The highest BCUT2D eigenvalue weighted by molar-refractivity contribution is 5.81. The molecule has 1 heterocycles. The first-order chi connectivity index (χ1) is 10.7. The smallest absolute Gasteiger partial charge is 0.240 e. The molecule has 2 rings (SSSR count). The van der Waals surface area contributed by atoms with Crippen molar-refractivity contribution in [3.05, 3.63) is 30.1 Å². The number of imidazole rings is 1. The number of fused-ring (bicyclic) bond motifs is 1. The van der Waals surface area contributed by atoms with Crippen molar-refractivity contribution in [1.29, 1.82) is 0 Å². The monoisotopic (exact) mass is 316 g/mol. The Kier molecular flexibility index (Phi) is 4.73. The van der Waals surface area contributed by atoms with Crippen molar-refractivity contribution in [2.24, 2.45) is 0 Å². The molecule has 1 unspecified atom stereocenters. The van der Waals surface area contributed by atoms with Gasteiger partial charge < -0.3 is 15.2 Å². The van der Waals surface area contributed by atoms with E-state index in [1.807, 2.05) is 56.5 Å². The van der Waals surface area contributed by atoms with E-state index in [-0.39, 0.29) is 29.9 Å². The molecule has 0 aliphatic heterocycles. The molecule has 0 aliphatic carbocycles. The van der Waals surface area contributed by atoms with E-state index in [1.54, 1.807) is 0 Å². The Bertz CT molecular complexity index is 728. The van der Waals surface area contributed by atoms with Gasteiger partial charge in [0.2, 0.25) is 11.8 Å². The highest BCUT2D eigenvalue weighted by Gasteiger charge is 2.20. The number of para-hydroxylation sites is 2. The number of amides is 2. The second-order valence-electron chi connectivity index (χ2n) is 6.77. The zero-order valence-electron chi connectivity index (χ0n) is 14.3. The van der Waals surface area contributed by atoms with Crippen LogP contribution in [0.2, 0.25) is 0 Å². The standard InChI is InChI=1S/C17H24N4O2/c1-11(18-12(2)22)16-19-13-8-6-7-9-14(13)21(16)10-15(23)20-17(3,4)5/h6-9,11H,10H2,1-5H3,(H,18,22)(H,20,23). The Morgan fingerprint density at radius 1 is 1.26 bits per heavy atom. The van der Waals surface area contributed by atoms with Crippen LogP contribution in [0.25, 0.3) is 11.0 Å². The van der Waals surface area contributed by atoms with E-state index < -0.39 is 0 Å². The lowest BCUT2D eigenvalue weighted by atomic mass is 10.1. The number of hydrogen-bond donors (Lipinski definition) is 2. The molecule has 6 heteroatoms. The van der Waals surface area contributed by atoms with Crippen LogP contribution in [-0.4, -0.2) is 26.9 Å². The molecule has 2 N–H and O–H groups in total. The van der Waals surface area contributed by atoms with Crippen LogP contribution in [0.15, 0.2) is 24.3 Å². The fraction of sp³-hybridized carbons (Fsp3) is 0.471. The molecule has 0 radical (unpaired) electrons. The lowest BCUT2D eigenvalue weighted by Gasteiger charge is -2.22. The van der Waals surface area contributed by atoms with Gasteiger partial charge in [0.05, 0.1) is 17.1 Å². The van der Waals surface area contributed by atoms with Gasteiger partial charge in [0.1, 0.15) is 12.4 Å². The Labute approximate surface area is 136 Å². The largest absolute Gasteiger partial charge is 0.350 e. The number of benzene rings is 1. The maximum atomic E-state index is 12.3. The summed E-state index contributed by atoms with van der Waals surface area (Å²) >= 11 is 0. The second-order valence-corrected chi connectivity index (χ2v) is 6.77. The number of nitrogens with one attached hydrogen (secondary N) is 2. The summed E-state index contributed by atoms with van der Waals surface area (Å²) in [4.78, 5) is 28.2. The van der Waals surface area contributed by atoms with Crippen LogP contribution in [0, 0.1) is 0 Å². The number of aromatic nitrogens is 2. The predicted octanol–water partition coefficient (Wildman–Crippen LogP) is 2.15. The minimum Gasteiger partial charge on any atom is -0.350 e. The summed E-state index contributed by atoms with van der Waals surface area (Å²) in [6.45, 7) is 9.32. The molecule has 0 fully saturated rings. The summed E-state index contributed by atoms with van der Waals surface area (Å²) in [5.74, 6) is 0.456. The van der Waals surface area contributed by atoms with Gasteiger partial charge in [-0.2, -0.15) is 0 Å². The molecule has 0 spiro atoms. The molecule has 23 heavy (non-hydrogen) atoms. The van der Waals surface area contributed by atoms with E-state index in [1.165, 1.54) is 6.92 Å². The molecule has 2 amide bonds. The van der Waals surface area contributed by atoms with Crippen molar-refractivity contribution in [3.8, 4) is 0 Å². The highest BCUT2D eigenvalue weighted by Crippen LogP contribution is 2.20. The first-order valence-electron chi connectivity index (χ1n) is 7.70. The normalized spacial score (nSPS) is 12.9. The van der Waals surface area contributed by atoms with Crippen LogP contribution >= 0.6 is 0 Å². The van der Waals surface area contributed by atoms with Gasteiger partial charge in [-0.25, -0.2) is 4.98 Å². The van der Waals surface area contributed by atoms with Gasteiger partial charge in [0.25, 0.3) is 0 Å². The quantitative estimate of drug-likeness (QED) is 0.907. The van der Waals surface area contributed by atoms with Crippen LogP contribution in [0.3, 0.4) is 0 Å². The van der Waals surface area contributed by atoms with E-state index in [2.05, 4.69) is 15.6 Å². The highest BCUT2D eigenvalue weighted by atomic mass is 16.2. The molecule has 1 atom stereocenters. The maximum Gasteiger partial charge on any atom is 0.240 e. The molecule has 0 saturated carbocycles. The minimum absolute atomic E-state index is 0.0862. The number of nitrogens with zero attached hydrogens (tertiary/aromatic N) is 2. The van der Waals surface area contributed by atoms with Crippen molar-refractivity contribution in [3.63, 3.8) is 0 Å². The molecule has 6 nitrogen and oxygen atoms in total. The zero-order valence-corrected chi connectivity index (χ0v) is 14.3. The van der Waals surface area contributed by atoms with Crippen LogP contribution in [0.5, 0.6) is 0 Å². The number of hydrogen-bond acceptors (Lipinski definition) is 3. The number of carbonyl (C=O) groups is 2. The van der Waals surface area contributed by atoms with Gasteiger partial charge in [-0.05, 0) is 39.8 Å². The van der Waals surface area contributed by atoms with Crippen LogP contribution in [0.4, 0.5) is 0 Å². The lowest BCUT2D eigenvalue weighted by Crippen LogP contribution is -2.42. The third-order valence-corrected chi connectivity index (χ3v) is 3.31. The molecular weight excluding hydrogens is 292 g/mol. The van der Waals surface area contributed by atoms with E-state index >= 15 is 0 Å². The van der Waals surface area contributed by atoms with Crippen LogP contribution in [0.1, 0.15) is 46.5 Å². The summed E-state index contributed by atoms with van der Waals surface area (Å²) in [7, 11) is 0. The van der Waals surface area contributed by atoms with E-state index in [0.717, 1.165) is 11.0 Å². The summed E-state index contributed by atoms with van der Waals surface area (Å²) in [5, 5.41) is 5.78. The Morgan fingerprint density at radius 2 is 1.91 bits per heavy atom. The molecule has 0 bridgehead atoms. The average Bonchev–Trinajstić information content (AvgIpc) is 2.75. The van der Waals surface area contributed by atoms with Gasteiger partial charge in [0.15, 0.2) is 0 Å². The van der Waals surface area contributed by atoms with Gasteiger partial charge >= 0.3 is 0 Å². The van der Waals surface area contributed by atoms with Gasteiger partial charge in [-0.3, -0.25) is 9.59 Å². The summed E-state index contributed by atoms with van der Waals surface area (Å²) in [5.41, 5.74) is 1.39. The molecule has 1 aromatic heterocycles. The summed E-state index contributed by atoms with van der Waals surface area (Å²) in [6, 6.07) is 7.37. The molecule has 124 valence electrons. The predicted molar refractivity (Wildman–Crippen MR) is 89.9 cm³/mol. The number of rotatable bonds is 4.